The minimum atomic E-state index is -0.424. The first kappa shape index (κ1) is 29.3. The molecule has 0 unspecified atom stereocenters. The van der Waals surface area contributed by atoms with Gasteiger partial charge in [-0.2, -0.15) is 0 Å². The summed E-state index contributed by atoms with van der Waals surface area (Å²) in [5.41, 5.74) is 13.9. The second-order valence-corrected chi connectivity index (χ2v) is 13.3. The second kappa shape index (κ2) is 11.8. The summed E-state index contributed by atoms with van der Waals surface area (Å²) in [5.74, 6) is 0.722. The van der Waals surface area contributed by atoms with Gasteiger partial charge in [-0.25, -0.2) is 9.97 Å². The van der Waals surface area contributed by atoms with E-state index in [9.17, 15) is 0 Å². The van der Waals surface area contributed by atoms with Crippen molar-refractivity contribution in [2.24, 2.45) is 0 Å². The summed E-state index contributed by atoms with van der Waals surface area (Å²) in [4.78, 5) is 9.96. The number of benzene rings is 8. The molecule has 0 aliphatic heterocycles. The maximum absolute atomic E-state index is 5.06. The molecule has 0 spiro atoms. The van der Waals surface area contributed by atoms with Gasteiger partial charge in [-0.3, -0.25) is 0 Å². The van der Waals surface area contributed by atoms with Crippen LogP contribution in [0.15, 0.2) is 194 Å². The highest BCUT2D eigenvalue weighted by Gasteiger charge is 2.46. The van der Waals surface area contributed by atoms with E-state index < -0.39 is 5.41 Å². The summed E-state index contributed by atoms with van der Waals surface area (Å²) >= 11 is 0. The fourth-order valence-corrected chi connectivity index (χ4v) is 8.35. The number of hydrogen-bond donors (Lipinski definition) is 0. The van der Waals surface area contributed by atoms with Gasteiger partial charge in [-0.15, -0.1) is 0 Å². The minimum Gasteiger partial charge on any atom is -0.236 e. The SMILES string of the molecule is c1ccc(-c2cccc3nc(-c4cccc(-c5cccc6cc7c(cc56)-c5ccccc5C7(c5ccccc5)c5ccccc5)c4)ncc23)cc1. The Morgan fingerprint density at radius 2 is 0.961 bits per heavy atom. The topological polar surface area (TPSA) is 25.8 Å². The Kier molecular flexibility index (Phi) is 6.75. The molecule has 1 aromatic heterocycles. The number of nitrogens with zero attached hydrogens (tertiary/aromatic N) is 2. The Labute approximate surface area is 297 Å². The fraction of sp³-hybridized carbons (Fsp3) is 0.0204. The van der Waals surface area contributed by atoms with Crippen LogP contribution >= 0.6 is 0 Å². The van der Waals surface area contributed by atoms with Crippen LogP contribution in [0.4, 0.5) is 0 Å². The molecule has 2 nitrogen and oxygen atoms in total. The highest BCUT2D eigenvalue weighted by molar-refractivity contribution is 6.03. The molecule has 51 heavy (non-hydrogen) atoms. The first-order valence-electron chi connectivity index (χ1n) is 17.5. The van der Waals surface area contributed by atoms with E-state index in [1.54, 1.807) is 0 Å². The Morgan fingerprint density at radius 3 is 1.73 bits per heavy atom. The molecule has 0 N–H and O–H groups in total. The molecule has 0 fully saturated rings. The first-order valence-corrected chi connectivity index (χ1v) is 17.5. The molecule has 9 aromatic rings. The minimum absolute atomic E-state index is 0.424. The van der Waals surface area contributed by atoms with Gasteiger partial charge in [0.1, 0.15) is 0 Å². The van der Waals surface area contributed by atoms with Crippen LogP contribution in [0.25, 0.3) is 66.4 Å². The molecule has 2 heteroatoms. The third kappa shape index (κ3) is 4.57. The van der Waals surface area contributed by atoms with Crippen molar-refractivity contribution in [1.29, 1.82) is 0 Å². The molecule has 1 heterocycles. The highest BCUT2D eigenvalue weighted by atomic mass is 14.9. The summed E-state index contributed by atoms with van der Waals surface area (Å²) in [5, 5.41) is 3.50. The number of hydrogen-bond acceptors (Lipinski definition) is 2. The van der Waals surface area contributed by atoms with E-state index in [0.717, 1.165) is 39.0 Å². The van der Waals surface area contributed by atoms with E-state index in [0.29, 0.717) is 0 Å². The van der Waals surface area contributed by atoms with Crippen molar-refractivity contribution in [3.8, 4) is 44.8 Å². The molecule has 8 aromatic carbocycles. The van der Waals surface area contributed by atoms with Crippen LogP contribution in [-0.4, -0.2) is 9.97 Å². The largest absolute Gasteiger partial charge is 0.236 e. The van der Waals surface area contributed by atoms with Gasteiger partial charge in [0.25, 0.3) is 0 Å². The summed E-state index contributed by atoms with van der Waals surface area (Å²) in [6.45, 7) is 0. The van der Waals surface area contributed by atoms with Crippen LogP contribution in [0.1, 0.15) is 22.3 Å². The smallest absolute Gasteiger partial charge is 0.159 e. The summed E-state index contributed by atoms with van der Waals surface area (Å²) < 4.78 is 0. The molecule has 1 aliphatic rings. The number of rotatable bonds is 5. The predicted molar refractivity (Wildman–Crippen MR) is 211 cm³/mol. The van der Waals surface area contributed by atoms with Crippen LogP contribution < -0.4 is 0 Å². The van der Waals surface area contributed by atoms with E-state index in [2.05, 4.69) is 182 Å². The van der Waals surface area contributed by atoms with Gasteiger partial charge in [0.05, 0.1) is 10.9 Å². The summed E-state index contributed by atoms with van der Waals surface area (Å²) in [6, 6.07) is 67.9. The summed E-state index contributed by atoms with van der Waals surface area (Å²) in [6.07, 6.45) is 1.97. The van der Waals surface area contributed by atoms with Crippen molar-refractivity contribution in [2.75, 3.05) is 0 Å². The number of aromatic nitrogens is 2. The molecule has 10 rings (SSSR count). The van der Waals surface area contributed by atoms with Gasteiger partial charge < -0.3 is 0 Å². The Hall–Kier alpha value is -6.64. The second-order valence-electron chi connectivity index (χ2n) is 13.3. The summed E-state index contributed by atoms with van der Waals surface area (Å²) in [7, 11) is 0. The van der Waals surface area contributed by atoms with Crippen molar-refractivity contribution in [3.63, 3.8) is 0 Å². The Balaban J connectivity index is 1.14. The van der Waals surface area contributed by atoms with Gasteiger partial charge >= 0.3 is 0 Å². The van der Waals surface area contributed by atoms with Crippen molar-refractivity contribution in [1.82, 2.24) is 9.97 Å². The molecule has 0 saturated carbocycles. The van der Waals surface area contributed by atoms with Gasteiger partial charge in [0, 0.05) is 17.1 Å². The average molecular weight is 649 g/mol. The first-order chi connectivity index (χ1) is 25.3. The van der Waals surface area contributed by atoms with Crippen molar-refractivity contribution in [2.45, 2.75) is 5.41 Å². The van der Waals surface area contributed by atoms with Crippen LogP contribution in [0.5, 0.6) is 0 Å². The van der Waals surface area contributed by atoms with E-state index in [1.165, 1.54) is 49.7 Å². The molecule has 0 bridgehead atoms. The zero-order valence-electron chi connectivity index (χ0n) is 27.9. The zero-order valence-corrected chi connectivity index (χ0v) is 27.9. The molecule has 0 amide bonds. The van der Waals surface area contributed by atoms with Crippen LogP contribution in [0, 0.1) is 0 Å². The van der Waals surface area contributed by atoms with Crippen LogP contribution in [0.2, 0.25) is 0 Å². The third-order valence-corrected chi connectivity index (χ3v) is 10.6. The van der Waals surface area contributed by atoms with E-state index >= 15 is 0 Å². The van der Waals surface area contributed by atoms with Crippen molar-refractivity contribution < 1.29 is 0 Å². The number of fused-ring (bicyclic) bond motifs is 5. The lowest BCUT2D eigenvalue weighted by Crippen LogP contribution is -2.28. The lowest BCUT2D eigenvalue weighted by atomic mass is 9.67. The van der Waals surface area contributed by atoms with Gasteiger partial charge in [-0.05, 0) is 90.7 Å². The zero-order chi connectivity index (χ0) is 33.8. The normalized spacial score (nSPS) is 12.9. The van der Waals surface area contributed by atoms with Crippen LogP contribution in [0.3, 0.4) is 0 Å². The maximum atomic E-state index is 5.06. The van der Waals surface area contributed by atoms with Crippen molar-refractivity contribution in [3.05, 3.63) is 217 Å². The molecule has 0 saturated heterocycles. The molecule has 0 atom stereocenters. The fourth-order valence-electron chi connectivity index (χ4n) is 8.35. The Bertz CT molecular complexity index is 2690. The Morgan fingerprint density at radius 1 is 0.373 bits per heavy atom. The maximum Gasteiger partial charge on any atom is 0.159 e. The molecular weight excluding hydrogens is 617 g/mol. The molecule has 238 valence electrons. The van der Waals surface area contributed by atoms with Gasteiger partial charge in [0.15, 0.2) is 5.82 Å². The lowest BCUT2D eigenvalue weighted by molar-refractivity contribution is 0.769. The predicted octanol–water partition coefficient (Wildman–Crippen LogP) is 12.1. The average Bonchev–Trinajstić information content (AvgIpc) is 3.50. The van der Waals surface area contributed by atoms with E-state index in [-0.39, 0.29) is 0 Å². The van der Waals surface area contributed by atoms with Crippen LogP contribution in [-0.2, 0) is 5.41 Å². The van der Waals surface area contributed by atoms with Gasteiger partial charge in [0.2, 0.25) is 0 Å². The quantitative estimate of drug-likeness (QED) is 0.186. The van der Waals surface area contributed by atoms with E-state index in [1.807, 2.05) is 12.3 Å². The third-order valence-electron chi connectivity index (χ3n) is 10.6. The molecule has 1 aliphatic carbocycles. The van der Waals surface area contributed by atoms with Gasteiger partial charge in [-0.1, -0.05) is 164 Å². The van der Waals surface area contributed by atoms with E-state index in [4.69, 9.17) is 9.97 Å². The standard InChI is InChI=1S/C49H32N2/c1-4-15-33(16-5-1)39-26-14-28-47-44(39)32-50-48(51-47)36-19-12-17-34(29-36)40-25-13-18-35-30-46-43(31-42(35)40)41-24-10-11-27-45(41)49(46,37-20-6-2-7-21-37)38-22-8-3-9-23-38/h1-32H. The monoisotopic (exact) mass is 648 g/mol. The lowest BCUT2D eigenvalue weighted by Gasteiger charge is -2.34. The van der Waals surface area contributed by atoms with Crippen molar-refractivity contribution >= 4 is 21.7 Å². The molecule has 0 radical (unpaired) electrons. The molecular formula is C49H32N2. The highest BCUT2D eigenvalue weighted by Crippen LogP contribution is 2.57.